The van der Waals surface area contributed by atoms with E-state index in [-0.39, 0.29) is 0 Å². The van der Waals surface area contributed by atoms with E-state index in [0.717, 1.165) is 16.7 Å². The van der Waals surface area contributed by atoms with Crippen molar-refractivity contribution in [1.82, 2.24) is 0 Å². The highest BCUT2D eigenvalue weighted by molar-refractivity contribution is 7.95. The van der Waals surface area contributed by atoms with Crippen molar-refractivity contribution in [2.45, 2.75) is 13.1 Å². The molecule has 4 aromatic rings. The van der Waals surface area contributed by atoms with E-state index < -0.39 is 7.26 Å². The number of hydrogen-bond acceptors (Lipinski definition) is 0. The second-order valence-corrected chi connectivity index (χ2v) is 11.3. The molecule has 0 spiro atoms. The monoisotopic (exact) mass is 427 g/mol. The molecule has 0 nitrogen and oxygen atoms in total. The molecule has 0 aliphatic heterocycles. The Morgan fingerprint density at radius 3 is 1.57 bits per heavy atom. The molecule has 0 unspecified atom stereocenters. The maximum absolute atomic E-state index is 6.53. The maximum Gasteiger partial charge on any atom is 0.116 e. The predicted molar refractivity (Wildman–Crippen MR) is 135 cm³/mol. The summed E-state index contributed by atoms with van der Waals surface area (Å²) < 4.78 is 0. The first-order chi connectivity index (χ1) is 14.7. The Labute approximate surface area is 185 Å². The molecule has 0 radical (unpaired) electrons. The van der Waals surface area contributed by atoms with Gasteiger partial charge in [-0.3, -0.25) is 0 Å². The van der Waals surface area contributed by atoms with Gasteiger partial charge in [-0.05, 0) is 72.6 Å². The Hall–Kier alpha value is -2.66. The van der Waals surface area contributed by atoms with Crippen molar-refractivity contribution in [2.24, 2.45) is 0 Å². The topological polar surface area (TPSA) is 0 Å². The highest BCUT2D eigenvalue weighted by Crippen LogP contribution is 2.58. The van der Waals surface area contributed by atoms with Crippen LogP contribution in [0.25, 0.3) is 6.08 Å². The summed E-state index contributed by atoms with van der Waals surface area (Å²) in [5.41, 5.74) is 2.41. The van der Waals surface area contributed by atoms with Crippen LogP contribution in [0.1, 0.15) is 18.1 Å². The van der Waals surface area contributed by atoms with Gasteiger partial charge in [0.2, 0.25) is 0 Å². The lowest BCUT2D eigenvalue weighted by molar-refractivity contribution is 1.38. The minimum atomic E-state index is -1.92. The molecule has 0 heterocycles. The van der Waals surface area contributed by atoms with Crippen LogP contribution in [-0.2, 0) is 6.16 Å². The Bertz CT molecular complexity index is 1020. The fraction of sp³-hybridized carbons (Fsp3) is 0.0714. The maximum atomic E-state index is 6.53. The largest absolute Gasteiger partial charge is 0.116 e. The number of benzene rings is 4. The zero-order chi connectivity index (χ0) is 20.8. The third-order valence-electron chi connectivity index (χ3n) is 5.35. The highest BCUT2D eigenvalue weighted by Gasteiger charge is 2.45. The minimum absolute atomic E-state index is 0.785. The lowest BCUT2D eigenvalue weighted by atomic mass is 10.1. The highest BCUT2D eigenvalue weighted by atomic mass is 35.5. The summed E-state index contributed by atoms with van der Waals surface area (Å²) in [5.74, 6) is 0. The van der Waals surface area contributed by atoms with Crippen molar-refractivity contribution in [3.05, 3.63) is 131 Å². The van der Waals surface area contributed by atoms with E-state index in [1.165, 1.54) is 21.5 Å². The lowest BCUT2D eigenvalue weighted by Crippen LogP contribution is -2.32. The molecule has 0 atom stereocenters. The van der Waals surface area contributed by atoms with Gasteiger partial charge in [-0.25, -0.2) is 0 Å². The molecule has 0 saturated heterocycles. The molecule has 4 aromatic carbocycles. The summed E-state index contributed by atoms with van der Waals surface area (Å²) in [6.07, 6.45) is 5.10. The summed E-state index contributed by atoms with van der Waals surface area (Å²) in [7, 11) is -1.92. The normalized spacial score (nSPS) is 11.7. The van der Waals surface area contributed by atoms with Crippen LogP contribution >= 0.6 is 18.9 Å². The fourth-order valence-electron chi connectivity index (χ4n) is 4.10. The fourth-order valence-corrected chi connectivity index (χ4v) is 8.58. The predicted octanol–water partition coefficient (Wildman–Crippen LogP) is 6.87. The first kappa shape index (κ1) is 20.6. The van der Waals surface area contributed by atoms with E-state index in [4.69, 9.17) is 11.6 Å². The molecule has 0 amide bonds. The molecule has 0 aliphatic carbocycles. The van der Waals surface area contributed by atoms with Crippen LogP contribution in [0.3, 0.4) is 0 Å². The zero-order valence-corrected chi connectivity index (χ0v) is 18.7. The summed E-state index contributed by atoms with van der Waals surface area (Å²) in [6, 6.07) is 39.3. The SMILES string of the molecule is C/C=C/c1cc(Cl)cc(C[P+](c2ccccc2)(c2ccccc2)c2ccccc2)c1. The lowest BCUT2D eigenvalue weighted by Gasteiger charge is -2.28. The average Bonchev–Trinajstić information content (AvgIpc) is 2.79. The van der Waals surface area contributed by atoms with E-state index >= 15 is 0 Å². The summed E-state index contributed by atoms with van der Waals surface area (Å²) >= 11 is 6.53. The van der Waals surface area contributed by atoms with Crippen molar-refractivity contribution in [1.29, 1.82) is 0 Å². The van der Waals surface area contributed by atoms with Crippen LogP contribution in [0.5, 0.6) is 0 Å². The molecule has 0 aromatic heterocycles. The van der Waals surface area contributed by atoms with E-state index in [2.05, 4.69) is 115 Å². The first-order valence-corrected chi connectivity index (χ1v) is 12.5. The van der Waals surface area contributed by atoms with Crippen LogP contribution < -0.4 is 15.9 Å². The van der Waals surface area contributed by atoms with Gasteiger partial charge in [-0.2, -0.15) is 0 Å². The minimum Gasteiger partial charge on any atom is -0.0871 e. The molecule has 0 saturated carbocycles. The van der Waals surface area contributed by atoms with E-state index in [1.54, 1.807) is 0 Å². The van der Waals surface area contributed by atoms with Crippen LogP contribution in [-0.4, -0.2) is 0 Å². The van der Waals surface area contributed by atoms with Gasteiger partial charge < -0.3 is 0 Å². The van der Waals surface area contributed by atoms with Crippen LogP contribution in [0.2, 0.25) is 5.02 Å². The van der Waals surface area contributed by atoms with Crippen LogP contribution in [0, 0.1) is 0 Å². The first-order valence-electron chi connectivity index (χ1n) is 10.2. The van der Waals surface area contributed by atoms with Gasteiger partial charge >= 0.3 is 0 Å². The molecule has 30 heavy (non-hydrogen) atoms. The third kappa shape index (κ3) is 4.26. The van der Waals surface area contributed by atoms with Gasteiger partial charge in [0.1, 0.15) is 23.2 Å². The smallest absolute Gasteiger partial charge is 0.0871 e. The second kappa shape index (κ2) is 9.43. The Morgan fingerprint density at radius 2 is 1.13 bits per heavy atom. The summed E-state index contributed by atoms with van der Waals surface area (Å²) in [6.45, 7) is 2.04. The molecule has 0 N–H and O–H groups in total. The van der Waals surface area contributed by atoms with Crippen LogP contribution in [0.15, 0.2) is 115 Å². The van der Waals surface area contributed by atoms with E-state index in [1.807, 2.05) is 13.0 Å². The van der Waals surface area contributed by atoms with E-state index in [0.29, 0.717) is 0 Å². The van der Waals surface area contributed by atoms with Crippen molar-refractivity contribution in [2.75, 3.05) is 0 Å². The molecule has 4 rings (SSSR count). The van der Waals surface area contributed by atoms with Gasteiger partial charge in [-0.1, -0.05) is 78.4 Å². The summed E-state index contributed by atoms with van der Waals surface area (Å²) in [5, 5.41) is 4.94. The van der Waals surface area contributed by atoms with Crippen LogP contribution in [0.4, 0.5) is 0 Å². The second-order valence-electron chi connectivity index (χ2n) is 7.37. The number of rotatable bonds is 6. The number of halogens is 1. The van der Waals surface area contributed by atoms with Gasteiger partial charge in [-0.15, -0.1) is 0 Å². The Balaban J connectivity index is 1.98. The van der Waals surface area contributed by atoms with Gasteiger partial charge in [0.15, 0.2) is 0 Å². The third-order valence-corrected chi connectivity index (χ3v) is 9.95. The Kier molecular flexibility index (Phi) is 6.48. The summed E-state index contributed by atoms with van der Waals surface area (Å²) in [4.78, 5) is 0. The quantitative estimate of drug-likeness (QED) is 0.294. The number of hydrogen-bond donors (Lipinski definition) is 0. The standard InChI is InChI=1S/C28H25ClP/c1-2-12-23-19-24(21-25(29)20-23)22-30(26-13-6-3-7-14-26,27-15-8-4-9-16-27)28-17-10-5-11-18-28/h2-21H,22H2,1H3/q+1/b12-2+. The zero-order valence-electron chi connectivity index (χ0n) is 17.1. The van der Waals surface area contributed by atoms with E-state index in [9.17, 15) is 0 Å². The van der Waals surface area contributed by atoms with Gasteiger partial charge in [0.25, 0.3) is 0 Å². The molecule has 2 heteroatoms. The number of allylic oxidation sites excluding steroid dienone is 1. The van der Waals surface area contributed by atoms with Crippen molar-refractivity contribution >= 4 is 40.9 Å². The molecular formula is C28H25ClP+. The van der Waals surface area contributed by atoms with Gasteiger partial charge in [0, 0.05) is 5.02 Å². The average molecular weight is 428 g/mol. The van der Waals surface area contributed by atoms with Crippen molar-refractivity contribution in [3.63, 3.8) is 0 Å². The Morgan fingerprint density at radius 1 is 0.667 bits per heavy atom. The van der Waals surface area contributed by atoms with Crippen molar-refractivity contribution in [3.8, 4) is 0 Å². The van der Waals surface area contributed by atoms with Crippen molar-refractivity contribution < 1.29 is 0 Å². The molecular weight excluding hydrogens is 403 g/mol. The molecule has 0 aliphatic rings. The molecule has 0 fully saturated rings. The molecule has 148 valence electrons. The molecule has 0 bridgehead atoms. The van der Waals surface area contributed by atoms with Gasteiger partial charge in [0.05, 0.1) is 6.16 Å².